The minimum absolute atomic E-state index is 0.332. The Balaban J connectivity index is 2.27. The molecule has 1 aliphatic heterocycles. The average molecular weight is 202 g/mol. The second-order valence-electron chi connectivity index (χ2n) is 3.04. The molecule has 0 unspecified atom stereocenters. The van der Waals surface area contributed by atoms with E-state index in [1.54, 1.807) is 6.33 Å². The van der Waals surface area contributed by atoms with E-state index in [0.717, 1.165) is 0 Å². The van der Waals surface area contributed by atoms with Gasteiger partial charge in [-0.1, -0.05) is 0 Å². The van der Waals surface area contributed by atoms with Crippen LogP contribution in [0, 0.1) is 0 Å². The molecular weight excluding hydrogens is 192 g/mol. The Morgan fingerprint density at radius 1 is 1.46 bits per heavy atom. The van der Waals surface area contributed by atoms with Crippen LogP contribution in [0.1, 0.15) is 5.82 Å². The quantitative estimate of drug-likeness (QED) is 0.589. The zero-order valence-electron chi connectivity index (χ0n) is 7.21. The monoisotopic (exact) mass is 202 g/mol. The third-order valence-corrected chi connectivity index (χ3v) is 3.32. The van der Waals surface area contributed by atoms with Crippen LogP contribution >= 0.6 is 0 Å². The van der Waals surface area contributed by atoms with Crippen LogP contribution in [0.2, 0.25) is 0 Å². The Labute approximate surface area is 76.2 Å². The molecule has 0 aliphatic carbocycles. The van der Waals surface area contributed by atoms with Gasteiger partial charge in [0, 0.05) is 13.1 Å². The highest BCUT2D eigenvalue weighted by Crippen LogP contribution is 2.11. The fourth-order valence-corrected chi connectivity index (χ4v) is 2.09. The third kappa shape index (κ3) is 1.56. The maximum absolute atomic E-state index is 11.2. The van der Waals surface area contributed by atoms with Gasteiger partial charge >= 0.3 is 0 Å². The molecule has 0 radical (unpaired) electrons. The lowest BCUT2D eigenvalue weighted by Crippen LogP contribution is -2.37. The zero-order chi connectivity index (χ0) is 9.47. The van der Waals surface area contributed by atoms with E-state index in [1.165, 1.54) is 10.6 Å². The molecule has 0 saturated heterocycles. The number of aromatic nitrogens is 3. The Kier molecular flexibility index (Phi) is 1.85. The number of sulfonamides is 1. The molecule has 0 N–H and O–H groups in total. The normalized spacial score (nSPS) is 18.5. The molecule has 0 spiro atoms. The molecule has 72 valence electrons. The maximum atomic E-state index is 11.2. The smallest absolute Gasteiger partial charge is 0.211 e. The lowest BCUT2D eigenvalue weighted by molar-refractivity contribution is 0.338. The minimum Gasteiger partial charge on any atom is -0.315 e. The largest absolute Gasteiger partial charge is 0.315 e. The summed E-state index contributed by atoms with van der Waals surface area (Å²) in [5.74, 6) is 0.705. The van der Waals surface area contributed by atoms with Gasteiger partial charge in [0.2, 0.25) is 10.0 Å². The van der Waals surface area contributed by atoms with Crippen molar-refractivity contribution in [3.8, 4) is 0 Å². The zero-order valence-corrected chi connectivity index (χ0v) is 8.03. The molecule has 0 saturated carbocycles. The van der Waals surface area contributed by atoms with Crippen molar-refractivity contribution >= 4 is 10.0 Å². The van der Waals surface area contributed by atoms with E-state index < -0.39 is 10.0 Å². The number of nitrogens with zero attached hydrogens (tertiary/aromatic N) is 4. The van der Waals surface area contributed by atoms with Crippen LogP contribution in [0.25, 0.3) is 0 Å². The highest BCUT2D eigenvalue weighted by atomic mass is 32.2. The molecular formula is C6H10N4O2S. The van der Waals surface area contributed by atoms with Gasteiger partial charge in [-0.2, -0.15) is 4.31 Å². The van der Waals surface area contributed by atoms with Crippen molar-refractivity contribution in [2.24, 2.45) is 0 Å². The molecule has 0 atom stereocenters. The standard InChI is InChI=1S/C6H10N4O2S/c1-13(11,12)10-3-2-9-5-7-8-6(9)4-10/h5H,2-4H2,1H3. The summed E-state index contributed by atoms with van der Waals surface area (Å²) in [6.07, 6.45) is 2.83. The van der Waals surface area contributed by atoms with Gasteiger partial charge in [0.25, 0.3) is 0 Å². The molecule has 1 aromatic rings. The molecule has 0 bridgehead atoms. The molecule has 6 nitrogen and oxygen atoms in total. The van der Waals surface area contributed by atoms with Crippen LogP contribution in [-0.4, -0.2) is 40.3 Å². The highest BCUT2D eigenvalue weighted by Gasteiger charge is 2.23. The van der Waals surface area contributed by atoms with Gasteiger partial charge in [0.15, 0.2) is 0 Å². The molecule has 1 aromatic heterocycles. The van der Waals surface area contributed by atoms with Gasteiger partial charge in [-0.25, -0.2) is 8.42 Å². The van der Waals surface area contributed by atoms with Gasteiger partial charge < -0.3 is 4.57 Å². The van der Waals surface area contributed by atoms with Crippen molar-refractivity contribution < 1.29 is 8.42 Å². The van der Waals surface area contributed by atoms with E-state index in [-0.39, 0.29) is 0 Å². The SMILES string of the molecule is CS(=O)(=O)N1CCn2cnnc2C1. The summed E-state index contributed by atoms with van der Waals surface area (Å²) in [5.41, 5.74) is 0. The van der Waals surface area contributed by atoms with Crippen molar-refractivity contribution in [1.29, 1.82) is 0 Å². The first-order valence-corrected chi connectivity index (χ1v) is 5.74. The van der Waals surface area contributed by atoms with Crippen LogP contribution in [0.3, 0.4) is 0 Å². The highest BCUT2D eigenvalue weighted by molar-refractivity contribution is 7.88. The van der Waals surface area contributed by atoms with E-state index in [4.69, 9.17) is 0 Å². The average Bonchev–Trinajstić information content (AvgIpc) is 2.47. The molecule has 7 heteroatoms. The van der Waals surface area contributed by atoms with E-state index >= 15 is 0 Å². The summed E-state index contributed by atoms with van der Waals surface area (Å²) in [7, 11) is -3.09. The first kappa shape index (κ1) is 8.64. The van der Waals surface area contributed by atoms with Crippen molar-refractivity contribution in [1.82, 2.24) is 19.1 Å². The Hall–Kier alpha value is -0.950. The van der Waals surface area contributed by atoms with E-state index in [1.807, 2.05) is 4.57 Å². The summed E-state index contributed by atoms with van der Waals surface area (Å²) >= 11 is 0. The van der Waals surface area contributed by atoms with Gasteiger partial charge in [-0.3, -0.25) is 0 Å². The second-order valence-corrected chi connectivity index (χ2v) is 5.02. The van der Waals surface area contributed by atoms with Gasteiger partial charge in [0.1, 0.15) is 12.2 Å². The fraction of sp³-hybridized carbons (Fsp3) is 0.667. The Morgan fingerprint density at radius 3 is 2.92 bits per heavy atom. The van der Waals surface area contributed by atoms with Crippen molar-refractivity contribution in [2.45, 2.75) is 13.1 Å². The maximum Gasteiger partial charge on any atom is 0.211 e. The Morgan fingerprint density at radius 2 is 2.23 bits per heavy atom. The molecule has 0 amide bonds. The summed E-state index contributed by atoms with van der Waals surface area (Å²) in [6, 6.07) is 0. The minimum atomic E-state index is -3.09. The first-order valence-electron chi connectivity index (χ1n) is 3.89. The van der Waals surface area contributed by atoms with Crippen LogP contribution in [0.15, 0.2) is 6.33 Å². The van der Waals surface area contributed by atoms with Crippen LogP contribution < -0.4 is 0 Å². The van der Waals surface area contributed by atoms with E-state index in [2.05, 4.69) is 10.2 Å². The first-order chi connectivity index (χ1) is 6.07. The lowest BCUT2D eigenvalue weighted by atomic mass is 10.4. The number of rotatable bonds is 1. The molecule has 2 rings (SSSR count). The lowest BCUT2D eigenvalue weighted by Gasteiger charge is -2.24. The van der Waals surface area contributed by atoms with Gasteiger partial charge in [-0.05, 0) is 0 Å². The fourth-order valence-electron chi connectivity index (χ4n) is 1.33. The summed E-state index contributed by atoms with van der Waals surface area (Å²) in [6.45, 7) is 1.47. The molecule has 2 heterocycles. The summed E-state index contributed by atoms with van der Waals surface area (Å²) in [4.78, 5) is 0. The second kappa shape index (κ2) is 2.78. The van der Waals surface area contributed by atoms with Crippen LogP contribution in [-0.2, 0) is 23.1 Å². The third-order valence-electron chi connectivity index (χ3n) is 2.07. The van der Waals surface area contributed by atoms with Gasteiger partial charge in [0.05, 0.1) is 12.8 Å². The Bertz CT molecular complexity index is 410. The van der Waals surface area contributed by atoms with Crippen molar-refractivity contribution in [3.63, 3.8) is 0 Å². The number of hydrogen-bond acceptors (Lipinski definition) is 4. The molecule has 0 fully saturated rings. The number of fused-ring (bicyclic) bond motifs is 1. The predicted molar refractivity (Wildman–Crippen MR) is 45.3 cm³/mol. The van der Waals surface area contributed by atoms with Gasteiger partial charge in [-0.15, -0.1) is 10.2 Å². The number of hydrogen-bond donors (Lipinski definition) is 0. The molecule has 0 aromatic carbocycles. The van der Waals surface area contributed by atoms with Crippen molar-refractivity contribution in [3.05, 3.63) is 12.2 Å². The summed E-state index contributed by atoms with van der Waals surface area (Å²) in [5, 5.41) is 7.54. The van der Waals surface area contributed by atoms with Crippen molar-refractivity contribution in [2.75, 3.05) is 12.8 Å². The summed E-state index contributed by atoms with van der Waals surface area (Å²) < 4.78 is 25.6. The van der Waals surface area contributed by atoms with E-state index in [0.29, 0.717) is 25.5 Å². The van der Waals surface area contributed by atoms with E-state index in [9.17, 15) is 8.42 Å². The molecule has 1 aliphatic rings. The molecule has 13 heavy (non-hydrogen) atoms. The predicted octanol–water partition coefficient (Wildman–Crippen LogP) is -0.947. The van der Waals surface area contributed by atoms with Crippen LogP contribution in [0.5, 0.6) is 0 Å². The van der Waals surface area contributed by atoms with Crippen LogP contribution in [0.4, 0.5) is 0 Å². The topological polar surface area (TPSA) is 68.1 Å².